The Morgan fingerprint density at radius 2 is 2.20 bits per heavy atom. The van der Waals surface area contributed by atoms with E-state index in [0.29, 0.717) is 24.5 Å². The van der Waals surface area contributed by atoms with Crippen molar-refractivity contribution in [3.8, 4) is 0 Å². The second-order valence-corrected chi connectivity index (χ2v) is 6.13. The zero-order valence-electron chi connectivity index (χ0n) is 9.91. The quantitative estimate of drug-likeness (QED) is 0.786. The fraction of sp³-hybridized carbons (Fsp3) is 0.667. The molecule has 3 heteroatoms. The minimum atomic E-state index is 0.212. The van der Waals surface area contributed by atoms with Crippen molar-refractivity contribution in [1.82, 2.24) is 4.98 Å². The average molecular weight is 225 g/mol. The lowest BCUT2D eigenvalue weighted by molar-refractivity contribution is -0.119. The third-order valence-electron chi connectivity index (χ3n) is 2.87. The molecule has 84 valence electrons. The first kappa shape index (κ1) is 12.4. The Morgan fingerprint density at radius 3 is 2.67 bits per heavy atom. The van der Waals surface area contributed by atoms with Gasteiger partial charge in [-0.15, -0.1) is 11.3 Å². The number of thiazole rings is 1. The topological polar surface area (TPSA) is 30.0 Å². The van der Waals surface area contributed by atoms with Gasteiger partial charge in [-0.05, 0) is 11.3 Å². The summed E-state index contributed by atoms with van der Waals surface area (Å²) in [6.07, 6.45) is 3.00. The van der Waals surface area contributed by atoms with Crippen LogP contribution in [0.2, 0.25) is 0 Å². The lowest BCUT2D eigenvalue weighted by Gasteiger charge is -2.26. The Morgan fingerprint density at radius 1 is 1.53 bits per heavy atom. The van der Waals surface area contributed by atoms with Crippen LogP contribution in [-0.4, -0.2) is 10.8 Å². The van der Waals surface area contributed by atoms with E-state index in [1.165, 1.54) is 0 Å². The third-order valence-corrected chi connectivity index (χ3v) is 3.65. The zero-order valence-corrected chi connectivity index (χ0v) is 10.7. The molecule has 1 aromatic heterocycles. The van der Waals surface area contributed by atoms with E-state index in [-0.39, 0.29) is 5.41 Å². The monoisotopic (exact) mass is 225 g/mol. The van der Waals surface area contributed by atoms with Gasteiger partial charge in [0.05, 0.1) is 5.51 Å². The van der Waals surface area contributed by atoms with Crippen LogP contribution < -0.4 is 0 Å². The number of ketones is 1. The predicted octanol–water partition coefficient (Wildman–Crippen LogP) is 3.33. The van der Waals surface area contributed by atoms with Crippen molar-refractivity contribution < 1.29 is 4.79 Å². The SMILES string of the molecule is CC(CC(=O)Cc1cncs1)C(C)(C)C. The molecule has 0 aliphatic heterocycles. The van der Waals surface area contributed by atoms with Gasteiger partial charge in [0.25, 0.3) is 0 Å². The summed E-state index contributed by atoms with van der Waals surface area (Å²) < 4.78 is 0. The number of hydrogen-bond donors (Lipinski definition) is 0. The number of carbonyl (C=O) groups excluding carboxylic acids is 1. The minimum Gasteiger partial charge on any atom is -0.299 e. The Labute approximate surface area is 95.7 Å². The first-order valence-corrected chi connectivity index (χ1v) is 6.16. The van der Waals surface area contributed by atoms with Gasteiger partial charge in [-0.2, -0.15) is 0 Å². The molecule has 2 nitrogen and oxygen atoms in total. The van der Waals surface area contributed by atoms with Gasteiger partial charge in [0.2, 0.25) is 0 Å². The molecule has 0 radical (unpaired) electrons. The summed E-state index contributed by atoms with van der Waals surface area (Å²) in [5, 5.41) is 0. The summed E-state index contributed by atoms with van der Waals surface area (Å²) in [5.41, 5.74) is 1.99. The van der Waals surface area contributed by atoms with Crippen LogP contribution in [0.5, 0.6) is 0 Å². The molecule has 0 saturated carbocycles. The van der Waals surface area contributed by atoms with Gasteiger partial charge >= 0.3 is 0 Å². The molecule has 1 heterocycles. The highest BCUT2D eigenvalue weighted by Gasteiger charge is 2.22. The summed E-state index contributed by atoms with van der Waals surface area (Å²) in [6.45, 7) is 8.68. The molecule has 0 saturated heterocycles. The van der Waals surface area contributed by atoms with Crippen molar-refractivity contribution in [1.29, 1.82) is 0 Å². The van der Waals surface area contributed by atoms with Crippen LogP contribution in [-0.2, 0) is 11.2 Å². The fourth-order valence-corrected chi connectivity index (χ4v) is 1.87. The summed E-state index contributed by atoms with van der Waals surface area (Å²) in [6, 6.07) is 0. The van der Waals surface area contributed by atoms with Crippen molar-refractivity contribution in [2.45, 2.75) is 40.5 Å². The molecule has 0 N–H and O–H groups in total. The molecule has 0 fully saturated rings. The Kier molecular flexibility index (Phi) is 4.03. The Balaban J connectivity index is 2.43. The Bertz CT molecular complexity index is 311. The van der Waals surface area contributed by atoms with Crippen LogP contribution in [0, 0.1) is 11.3 Å². The smallest absolute Gasteiger partial charge is 0.138 e. The van der Waals surface area contributed by atoms with Crippen molar-refractivity contribution in [2.75, 3.05) is 0 Å². The minimum absolute atomic E-state index is 0.212. The van der Waals surface area contributed by atoms with Gasteiger partial charge in [0.15, 0.2) is 0 Å². The van der Waals surface area contributed by atoms with Gasteiger partial charge < -0.3 is 0 Å². The molecule has 1 unspecified atom stereocenters. The molecule has 0 aromatic carbocycles. The van der Waals surface area contributed by atoms with Crippen molar-refractivity contribution in [2.24, 2.45) is 11.3 Å². The molecular weight excluding hydrogens is 206 g/mol. The molecule has 1 rings (SSSR count). The van der Waals surface area contributed by atoms with Gasteiger partial charge in [-0.3, -0.25) is 9.78 Å². The summed E-state index contributed by atoms with van der Waals surface area (Å²) in [7, 11) is 0. The highest BCUT2D eigenvalue weighted by Crippen LogP contribution is 2.28. The largest absolute Gasteiger partial charge is 0.299 e. The van der Waals surface area contributed by atoms with E-state index >= 15 is 0 Å². The number of carbonyl (C=O) groups is 1. The first-order valence-electron chi connectivity index (χ1n) is 5.28. The molecule has 1 aromatic rings. The normalized spacial score (nSPS) is 13.9. The predicted molar refractivity (Wildman–Crippen MR) is 64.1 cm³/mol. The maximum atomic E-state index is 11.7. The number of hydrogen-bond acceptors (Lipinski definition) is 3. The molecular formula is C12H19NOS. The maximum Gasteiger partial charge on any atom is 0.138 e. The van der Waals surface area contributed by atoms with Crippen LogP contribution >= 0.6 is 11.3 Å². The van der Waals surface area contributed by atoms with E-state index in [1.807, 2.05) is 0 Å². The molecule has 0 amide bonds. The van der Waals surface area contributed by atoms with Crippen LogP contribution in [0.3, 0.4) is 0 Å². The van der Waals surface area contributed by atoms with E-state index in [1.54, 1.807) is 23.0 Å². The van der Waals surface area contributed by atoms with Gasteiger partial charge in [0.1, 0.15) is 5.78 Å². The summed E-state index contributed by atoms with van der Waals surface area (Å²) in [5.74, 6) is 0.750. The highest BCUT2D eigenvalue weighted by molar-refractivity contribution is 7.09. The van der Waals surface area contributed by atoms with Crippen LogP contribution in [0.25, 0.3) is 0 Å². The average Bonchev–Trinajstić information content (AvgIpc) is 2.54. The van der Waals surface area contributed by atoms with Crippen LogP contribution in [0.15, 0.2) is 11.7 Å². The number of nitrogens with zero attached hydrogens (tertiary/aromatic N) is 1. The lowest BCUT2D eigenvalue weighted by atomic mass is 9.79. The van der Waals surface area contributed by atoms with E-state index < -0.39 is 0 Å². The lowest BCUT2D eigenvalue weighted by Crippen LogP contribution is -2.21. The molecule has 15 heavy (non-hydrogen) atoms. The van der Waals surface area contributed by atoms with Gasteiger partial charge in [-0.1, -0.05) is 27.7 Å². The summed E-state index contributed by atoms with van der Waals surface area (Å²) in [4.78, 5) is 16.8. The Hall–Kier alpha value is -0.700. The maximum absolute atomic E-state index is 11.7. The second-order valence-electron chi connectivity index (χ2n) is 5.15. The molecule has 1 atom stereocenters. The van der Waals surface area contributed by atoms with Gasteiger partial charge in [0, 0.05) is 23.9 Å². The highest BCUT2D eigenvalue weighted by atomic mass is 32.1. The second kappa shape index (κ2) is 4.88. The van der Waals surface area contributed by atoms with Crippen molar-refractivity contribution >= 4 is 17.1 Å². The van der Waals surface area contributed by atoms with E-state index in [9.17, 15) is 4.79 Å². The number of aromatic nitrogens is 1. The summed E-state index contributed by atoms with van der Waals surface area (Å²) >= 11 is 1.55. The molecule has 0 spiro atoms. The molecule has 0 bridgehead atoms. The first-order chi connectivity index (χ1) is 6.89. The molecule has 0 aliphatic carbocycles. The zero-order chi connectivity index (χ0) is 11.5. The van der Waals surface area contributed by atoms with Crippen LogP contribution in [0.4, 0.5) is 0 Å². The van der Waals surface area contributed by atoms with E-state index in [4.69, 9.17) is 0 Å². The standard InChI is InChI=1S/C12H19NOS/c1-9(12(2,3)4)5-10(14)6-11-7-13-8-15-11/h7-9H,5-6H2,1-4H3. The van der Waals surface area contributed by atoms with Crippen molar-refractivity contribution in [3.63, 3.8) is 0 Å². The molecule has 0 aliphatic rings. The third kappa shape index (κ3) is 4.12. The van der Waals surface area contributed by atoms with E-state index in [0.717, 1.165) is 4.88 Å². The van der Waals surface area contributed by atoms with E-state index in [2.05, 4.69) is 32.7 Å². The van der Waals surface area contributed by atoms with Crippen LogP contribution in [0.1, 0.15) is 39.0 Å². The van der Waals surface area contributed by atoms with Gasteiger partial charge in [-0.25, -0.2) is 0 Å². The fourth-order valence-electron chi connectivity index (χ4n) is 1.24. The number of Topliss-reactive ketones (excluding diaryl/α,β-unsaturated/α-hetero) is 1. The van der Waals surface area contributed by atoms with Crippen molar-refractivity contribution in [3.05, 3.63) is 16.6 Å². The number of rotatable bonds is 4.